The van der Waals surface area contributed by atoms with Crippen LogP contribution in [0.1, 0.15) is 30.7 Å². The Morgan fingerprint density at radius 2 is 2.11 bits per heavy atom. The number of rotatable bonds is 6. The van der Waals surface area contributed by atoms with Crippen molar-refractivity contribution in [1.82, 2.24) is 10.6 Å². The second kappa shape index (κ2) is 6.04. The van der Waals surface area contributed by atoms with Gasteiger partial charge in [0, 0.05) is 31.7 Å². The van der Waals surface area contributed by atoms with E-state index in [-0.39, 0.29) is 0 Å². The third-order valence-electron chi connectivity index (χ3n) is 4.43. The summed E-state index contributed by atoms with van der Waals surface area (Å²) in [7, 11) is 1.81. The Kier molecular flexibility index (Phi) is 4.16. The summed E-state index contributed by atoms with van der Waals surface area (Å²) < 4.78 is 5.37. The summed E-state index contributed by atoms with van der Waals surface area (Å²) >= 11 is 0. The first kappa shape index (κ1) is 13.1. The standard InChI is InChI=1S/C16H24N2O/c1-19-14-9-13(18-11-14)7-8-17-16-10-15(16)12-5-3-2-4-6-12/h2-6,13-18H,7-11H2,1H3. The Bertz CT molecular complexity index is 395. The molecule has 104 valence electrons. The lowest BCUT2D eigenvalue weighted by Gasteiger charge is -2.11. The van der Waals surface area contributed by atoms with E-state index in [1.807, 2.05) is 7.11 Å². The summed E-state index contributed by atoms with van der Waals surface area (Å²) in [5.41, 5.74) is 1.48. The lowest BCUT2D eigenvalue weighted by Crippen LogP contribution is -2.28. The number of benzene rings is 1. The molecule has 3 heteroatoms. The minimum atomic E-state index is 0.419. The minimum Gasteiger partial charge on any atom is -0.380 e. The predicted octanol–water partition coefficient (Wildman–Crippen LogP) is 1.90. The van der Waals surface area contributed by atoms with E-state index in [0.717, 1.165) is 25.4 Å². The molecule has 0 radical (unpaired) electrons. The van der Waals surface area contributed by atoms with E-state index < -0.39 is 0 Å². The highest BCUT2D eigenvalue weighted by Gasteiger charge is 2.37. The van der Waals surface area contributed by atoms with Crippen molar-refractivity contribution in [2.24, 2.45) is 0 Å². The van der Waals surface area contributed by atoms with Gasteiger partial charge in [0.15, 0.2) is 0 Å². The van der Waals surface area contributed by atoms with Crippen molar-refractivity contribution in [3.63, 3.8) is 0 Å². The summed E-state index contributed by atoms with van der Waals surface area (Å²) in [5, 5.41) is 7.21. The van der Waals surface area contributed by atoms with Crippen molar-refractivity contribution in [3.05, 3.63) is 35.9 Å². The molecule has 1 aromatic rings. The second-order valence-electron chi connectivity index (χ2n) is 5.80. The lowest BCUT2D eigenvalue weighted by atomic mass is 10.1. The van der Waals surface area contributed by atoms with E-state index in [0.29, 0.717) is 18.2 Å². The monoisotopic (exact) mass is 260 g/mol. The summed E-state index contributed by atoms with van der Waals surface area (Å²) in [6, 6.07) is 12.2. The first-order chi connectivity index (χ1) is 9.36. The molecule has 3 nitrogen and oxygen atoms in total. The summed E-state index contributed by atoms with van der Waals surface area (Å²) in [6.45, 7) is 2.12. The normalized spacial score (nSPS) is 33.5. The molecular formula is C16H24N2O. The number of ether oxygens (including phenoxy) is 1. The number of hydrogen-bond donors (Lipinski definition) is 2. The van der Waals surface area contributed by atoms with Gasteiger partial charge in [0.25, 0.3) is 0 Å². The molecule has 0 spiro atoms. The molecule has 0 amide bonds. The maximum Gasteiger partial charge on any atom is 0.0710 e. The lowest BCUT2D eigenvalue weighted by molar-refractivity contribution is 0.117. The molecule has 4 atom stereocenters. The number of nitrogens with one attached hydrogen (secondary N) is 2. The maximum absolute atomic E-state index is 5.37. The van der Waals surface area contributed by atoms with Crippen molar-refractivity contribution in [3.8, 4) is 0 Å². The molecule has 2 aliphatic rings. The summed E-state index contributed by atoms with van der Waals surface area (Å²) in [6.07, 6.45) is 4.08. The first-order valence-electron chi connectivity index (χ1n) is 7.41. The van der Waals surface area contributed by atoms with Gasteiger partial charge in [-0.1, -0.05) is 30.3 Å². The van der Waals surface area contributed by atoms with Crippen LogP contribution in [0.15, 0.2) is 30.3 Å². The van der Waals surface area contributed by atoms with Crippen LogP contribution in [-0.2, 0) is 4.74 Å². The van der Waals surface area contributed by atoms with Gasteiger partial charge in [-0.2, -0.15) is 0 Å². The fourth-order valence-electron chi connectivity index (χ4n) is 3.11. The third-order valence-corrected chi connectivity index (χ3v) is 4.43. The molecule has 2 N–H and O–H groups in total. The molecule has 2 fully saturated rings. The van der Waals surface area contributed by atoms with Crippen molar-refractivity contribution in [2.75, 3.05) is 20.2 Å². The number of methoxy groups -OCH3 is 1. The maximum atomic E-state index is 5.37. The van der Waals surface area contributed by atoms with Gasteiger partial charge >= 0.3 is 0 Å². The first-order valence-corrected chi connectivity index (χ1v) is 7.41. The largest absolute Gasteiger partial charge is 0.380 e. The Morgan fingerprint density at radius 3 is 2.84 bits per heavy atom. The van der Waals surface area contributed by atoms with E-state index in [1.54, 1.807) is 0 Å². The van der Waals surface area contributed by atoms with Crippen LogP contribution in [0.2, 0.25) is 0 Å². The molecule has 1 aliphatic carbocycles. The van der Waals surface area contributed by atoms with Gasteiger partial charge in [0.05, 0.1) is 6.10 Å². The molecular weight excluding hydrogens is 236 g/mol. The molecule has 1 saturated heterocycles. The van der Waals surface area contributed by atoms with Crippen LogP contribution in [0.25, 0.3) is 0 Å². The fourth-order valence-corrected chi connectivity index (χ4v) is 3.11. The minimum absolute atomic E-state index is 0.419. The Hall–Kier alpha value is -0.900. The number of hydrogen-bond acceptors (Lipinski definition) is 3. The highest BCUT2D eigenvalue weighted by atomic mass is 16.5. The highest BCUT2D eigenvalue weighted by molar-refractivity contribution is 5.27. The third kappa shape index (κ3) is 3.35. The zero-order valence-corrected chi connectivity index (χ0v) is 11.6. The van der Waals surface area contributed by atoms with Gasteiger partial charge in [-0.15, -0.1) is 0 Å². The topological polar surface area (TPSA) is 33.3 Å². The van der Waals surface area contributed by atoms with Crippen LogP contribution in [0.3, 0.4) is 0 Å². The summed E-state index contributed by atoms with van der Waals surface area (Å²) in [5.74, 6) is 0.740. The van der Waals surface area contributed by atoms with Crippen molar-refractivity contribution < 1.29 is 4.74 Å². The van der Waals surface area contributed by atoms with Gasteiger partial charge in [-0.3, -0.25) is 0 Å². The average Bonchev–Trinajstić information content (AvgIpc) is 3.08. The van der Waals surface area contributed by atoms with Gasteiger partial charge in [0.1, 0.15) is 0 Å². The van der Waals surface area contributed by atoms with Crippen LogP contribution >= 0.6 is 0 Å². The molecule has 1 aliphatic heterocycles. The molecule has 1 aromatic carbocycles. The quantitative estimate of drug-likeness (QED) is 0.819. The molecule has 0 aromatic heterocycles. The van der Waals surface area contributed by atoms with E-state index in [4.69, 9.17) is 4.74 Å². The molecule has 0 bridgehead atoms. The van der Waals surface area contributed by atoms with Gasteiger partial charge in [-0.05, 0) is 31.4 Å². The van der Waals surface area contributed by atoms with E-state index in [9.17, 15) is 0 Å². The van der Waals surface area contributed by atoms with E-state index in [1.165, 1.54) is 18.4 Å². The van der Waals surface area contributed by atoms with Gasteiger partial charge < -0.3 is 15.4 Å². The SMILES string of the molecule is COC1CNC(CCNC2CC2c2ccccc2)C1. The average molecular weight is 260 g/mol. The smallest absolute Gasteiger partial charge is 0.0710 e. The predicted molar refractivity (Wildman–Crippen MR) is 77.4 cm³/mol. The Balaban J connectivity index is 1.34. The highest BCUT2D eigenvalue weighted by Crippen LogP contribution is 2.40. The van der Waals surface area contributed by atoms with Crippen LogP contribution in [0.5, 0.6) is 0 Å². The Morgan fingerprint density at radius 1 is 1.26 bits per heavy atom. The second-order valence-corrected chi connectivity index (χ2v) is 5.80. The molecule has 19 heavy (non-hydrogen) atoms. The van der Waals surface area contributed by atoms with Gasteiger partial charge in [0.2, 0.25) is 0 Å². The van der Waals surface area contributed by atoms with Crippen LogP contribution in [-0.4, -0.2) is 38.4 Å². The van der Waals surface area contributed by atoms with Crippen LogP contribution in [0, 0.1) is 0 Å². The zero-order valence-electron chi connectivity index (χ0n) is 11.6. The van der Waals surface area contributed by atoms with Crippen molar-refractivity contribution in [2.45, 2.75) is 43.4 Å². The molecule has 1 saturated carbocycles. The van der Waals surface area contributed by atoms with Crippen LogP contribution < -0.4 is 10.6 Å². The fraction of sp³-hybridized carbons (Fsp3) is 0.625. The van der Waals surface area contributed by atoms with E-state index in [2.05, 4.69) is 41.0 Å². The Labute approximate surface area is 115 Å². The van der Waals surface area contributed by atoms with Gasteiger partial charge in [-0.25, -0.2) is 0 Å². The van der Waals surface area contributed by atoms with Crippen molar-refractivity contribution >= 4 is 0 Å². The van der Waals surface area contributed by atoms with Crippen LogP contribution in [0.4, 0.5) is 0 Å². The molecule has 4 unspecified atom stereocenters. The zero-order chi connectivity index (χ0) is 13.1. The molecule has 3 rings (SSSR count). The van der Waals surface area contributed by atoms with Crippen molar-refractivity contribution in [1.29, 1.82) is 0 Å². The summed E-state index contributed by atoms with van der Waals surface area (Å²) in [4.78, 5) is 0. The van der Waals surface area contributed by atoms with E-state index >= 15 is 0 Å². The molecule has 1 heterocycles.